The lowest BCUT2D eigenvalue weighted by atomic mass is 10.1. The van der Waals surface area contributed by atoms with Crippen LogP contribution in [0.25, 0.3) is 22.2 Å². The summed E-state index contributed by atoms with van der Waals surface area (Å²) >= 11 is 6.64. The van der Waals surface area contributed by atoms with E-state index in [0.717, 1.165) is 68.7 Å². The second kappa shape index (κ2) is 13.6. The third kappa shape index (κ3) is 6.74. The molecule has 1 N–H and O–H groups in total. The van der Waals surface area contributed by atoms with Gasteiger partial charge in [0.1, 0.15) is 11.5 Å². The van der Waals surface area contributed by atoms with Crippen molar-refractivity contribution in [2.24, 2.45) is 0 Å². The van der Waals surface area contributed by atoms with Gasteiger partial charge in [0, 0.05) is 48.1 Å². The number of halogens is 1. The summed E-state index contributed by atoms with van der Waals surface area (Å²) < 4.78 is 45.6. The molecule has 10 nitrogen and oxygen atoms in total. The molecule has 0 unspecified atom stereocenters. The molecule has 2 aromatic carbocycles. The largest absolute Gasteiger partial charge is 0.494 e. The highest BCUT2D eigenvalue weighted by Gasteiger charge is 2.22. The number of aromatic nitrogens is 3. The number of hydrogen-bond donors (Lipinski definition) is 1. The number of anilines is 3. The number of nitrogens with one attached hydrogen (secondary N) is 1. The van der Waals surface area contributed by atoms with Crippen LogP contribution in [-0.4, -0.2) is 67.6 Å². The topological polar surface area (TPSA) is 108 Å². The standard InChI is InChI=1S/C32H38ClN5O5S/c1-2-44(39,40)38-22-26-25-11-10-24(20-29(25)38)42-15-7-5-3-4-6-8-16-43-30-19-23(35-32-34-21-27(33)31(26)36-32)9-12-28(30)37-13-17-41-18-14-37/h9-12,19-22H,2-8,13-18H2,1H3,(H,34,35,36). The lowest BCUT2D eigenvalue weighted by Crippen LogP contribution is -2.36. The normalized spacial score (nSPS) is 16.9. The Hall–Kier alpha value is -3.54. The van der Waals surface area contributed by atoms with Crippen LogP contribution in [-0.2, 0) is 14.8 Å². The maximum absolute atomic E-state index is 13.2. The quantitative estimate of drug-likeness (QED) is 0.264. The molecule has 2 aromatic heterocycles. The van der Waals surface area contributed by atoms with Crippen molar-refractivity contribution in [1.29, 1.82) is 0 Å². The van der Waals surface area contributed by atoms with E-state index in [2.05, 4.69) is 21.3 Å². The summed E-state index contributed by atoms with van der Waals surface area (Å²) in [6.07, 6.45) is 9.43. The van der Waals surface area contributed by atoms with Crippen molar-refractivity contribution in [1.82, 2.24) is 13.9 Å². The molecule has 8 bridgehead atoms. The zero-order chi connectivity index (χ0) is 30.5. The van der Waals surface area contributed by atoms with Gasteiger partial charge in [0.05, 0.1) is 60.3 Å². The summed E-state index contributed by atoms with van der Waals surface area (Å²) in [6.45, 7) is 5.80. The Balaban J connectivity index is 1.41. The molecule has 0 atom stereocenters. The van der Waals surface area contributed by atoms with E-state index in [-0.39, 0.29) is 5.75 Å². The molecule has 7 rings (SSSR count). The molecule has 5 heterocycles. The molecule has 4 aromatic rings. The van der Waals surface area contributed by atoms with Crippen LogP contribution in [0.4, 0.5) is 17.3 Å². The van der Waals surface area contributed by atoms with Crippen molar-refractivity contribution >= 4 is 49.9 Å². The highest BCUT2D eigenvalue weighted by molar-refractivity contribution is 7.90. The van der Waals surface area contributed by atoms with Gasteiger partial charge in [-0.2, -0.15) is 0 Å². The van der Waals surface area contributed by atoms with E-state index < -0.39 is 10.0 Å². The van der Waals surface area contributed by atoms with E-state index in [9.17, 15) is 8.42 Å². The third-order valence-corrected chi connectivity index (χ3v) is 9.95. The molecule has 0 aliphatic carbocycles. The number of nitrogens with zero attached hydrogens (tertiary/aromatic N) is 4. The van der Waals surface area contributed by atoms with Crippen LogP contribution in [0.2, 0.25) is 5.02 Å². The Morgan fingerprint density at radius 3 is 2.45 bits per heavy atom. The molecule has 3 aliphatic heterocycles. The van der Waals surface area contributed by atoms with Crippen LogP contribution in [0, 0.1) is 0 Å². The first kappa shape index (κ1) is 30.5. The summed E-state index contributed by atoms with van der Waals surface area (Å²) in [5.74, 6) is 1.70. The van der Waals surface area contributed by atoms with E-state index in [1.807, 2.05) is 24.3 Å². The van der Waals surface area contributed by atoms with Crippen LogP contribution in [0.1, 0.15) is 45.4 Å². The number of rotatable bonds is 3. The Morgan fingerprint density at radius 2 is 1.68 bits per heavy atom. The van der Waals surface area contributed by atoms with Crippen LogP contribution >= 0.6 is 11.6 Å². The number of morpholine rings is 1. The molecule has 0 radical (unpaired) electrons. The van der Waals surface area contributed by atoms with Crippen molar-refractivity contribution in [2.75, 3.05) is 55.5 Å². The first-order chi connectivity index (χ1) is 21.4. The van der Waals surface area contributed by atoms with Gasteiger partial charge in [-0.05, 0) is 44.0 Å². The maximum atomic E-state index is 13.2. The van der Waals surface area contributed by atoms with E-state index >= 15 is 0 Å². The molecule has 0 amide bonds. The average Bonchev–Trinajstić information content (AvgIpc) is 3.42. The molecule has 0 saturated carbocycles. The molecule has 1 fully saturated rings. The molecule has 12 heteroatoms. The van der Waals surface area contributed by atoms with Crippen molar-refractivity contribution in [2.45, 2.75) is 45.4 Å². The van der Waals surface area contributed by atoms with Crippen molar-refractivity contribution < 1.29 is 22.6 Å². The van der Waals surface area contributed by atoms with Gasteiger partial charge in [-0.3, -0.25) is 0 Å². The smallest absolute Gasteiger partial charge is 0.238 e. The van der Waals surface area contributed by atoms with Crippen LogP contribution < -0.4 is 19.7 Å². The molecule has 0 spiro atoms. The van der Waals surface area contributed by atoms with Gasteiger partial charge >= 0.3 is 0 Å². The van der Waals surface area contributed by atoms with Gasteiger partial charge in [-0.15, -0.1) is 0 Å². The van der Waals surface area contributed by atoms with Crippen molar-refractivity contribution in [3.63, 3.8) is 0 Å². The SMILES string of the molecule is CCS(=O)(=O)n1cc2c3ccc(cc31)OCCCCCCCCOc1cc(ccc1N1CCOCC1)Nc1ncc(Cl)c-2n1. The molecule has 234 valence electrons. The first-order valence-electron chi connectivity index (χ1n) is 15.3. The van der Waals surface area contributed by atoms with Crippen LogP contribution in [0.5, 0.6) is 11.5 Å². The fraction of sp³-hybridized carbons (Fsp3) is 0.438. The van der Waals surface area contributed by atoms with E-state index in [1.54, 1.807) is 19.2 Å². The summed E-state index contributed by atoms with van der Waals surface area (Å²) in [5.41, 5.74) is 3.34. The van der Waals surface area contributed by atoms with Gasteiger partial charge in [0.15, 0.2) is 0 Å². The number of benzene rings is 2. The van der Waals surface area contributed by atoms with Crippen LogP contribution in [0.3, 0.4) is 0 Å². The van der Waals surface area contributed by atoms with Gasteiger partial charge in [0.25, 0.3) is 0 Å². The molecule has 1 saturated heterocycles. The Labute approximate surface area is 263 Å². The number of ether oxygens (including phenoxy) is 3. The van der Waals surface area contributed by atoms with Crippen molar-refractivity contribution in [3.8, 4) is 22.8 Å². The minimum atomic E-state index is -3.62. The lowest BCUT2D eigenvalue weighted by molar-refractivity contribution is 0.122. The molecular formula is C32H38ClN5O5S. The third-order valence-electron chi connectivity index (χ3n) is 8.04. The maximum Gasteiger partial charge on any atom is 0.238 e. The zero-order valence-electron chi connectivity index (χ0n) is 24.9. The number of fused-ring (bicyclic) bond motifs is 10. The van der Waals surface area contributed by atoms with Gasteiger partial charge < -0.3 is 24.4 Å². The second-order valence-electron chi connectivity index (χ2n) is 11.0. The van der Waals surface area contributed by atoms with E-state index in [4.69, 9.17) is 30.8 Å². The van der Waals surface area contributed by atoms with Gasteiger partial charge in [0.2, 0.25) is 16.0 Å². The first-order valence-corrected chi connectivity index (χ1v) is 17.3. The Kier molecular flexibility index (Phi) is 9.44. The van der Waals surface area contributed by atoms with Gasteiger partial charge in [-0.1, -0.05) is 37.3 Å². The summed E-state index contributed by atoms with van der Waals surface area (Å²) in [7, 11) is -3.62. The highest BCUT2D eigenvalue weighted by Crippen LogP contribution is 2.38. The highest BCUT2D eigenvalue weighted by atomic mass is 35.5. The van der Waals surface area contributed by atoms with E-state index in [1.165, 1.54) is 10.2 Å². The fourth-order valence-electron chi connectivity index (χ4n) is 5.63. The van der Waals surface area contributed by atoms with E-state index in [0.29, 0.717) is 65.3 Å². The Bertz CT molecular complexity index is 1720. The summed E-state index contributed by atoms with van der Waals surface area (Å²) in [4.78, 5) is 11.5. The summed E-state index contributed by atoms with van der Waals surface area (Å²) in [5, 5.41) is 4.32. The minimum Gasteiger partial charge on any atom is -0.494 e. The van der Waals surface area contributed by atoms with Crippen LogP contribution in [0.15, 0.2) is 48.8 Å². The predicted octanol–water partition coefficient (Wildman–Crippen LogP) is 6.64. The Morgan fingerprint density at radius 1 is 0.932 bits per heavy atom. The lowest BCUT2D eigenvalue weighted by Gasteiger charge is -2.30. The number of hydrogen-bond acceptors (Lipinski definition) is 9. The second-order valence-corrected chi connectivity index (χ2v) is 13.6. The molecular weight excluding hydrogens is 602 g/mol. The monoisotopic (exact) mass is 639 g/mol. The minimum absolute atomic E-state index is 0.0591. The zero-order valence-corrected chi connectivity index (χ0v) is 26.5. The van der Waals surface area contributed by atoms with Gasteiger partial charge in [-0.25, -0.2) is 22.4 Å². The van der Waals surface area contributed by atoms with Crippen molar-refractivity contribution in [3.05, 3.63) is 53.8 Å². The fourth-order valence-corrected chi connectivity index (χ4v) is 6.82. The molecule has 44 heavy (non-hydrogen) atoms. The summed E-state index contributed by atoms with van der Waals surface area (Å²) in [6, 6.07) is 11.5. The predicted molar refractivity (Wildman–Crippen MR) is 174 cm³/mol. The average molecular weight is 640 g/mol. The molecule has 3 aliphatic rings.